The van der Waals surface area contributed by atoms with Crippen LogP contribution >= 0.6 is 11.3 Å². The van der Waals surface area contributed by atoms with Gasteiger partial charge < -0.3 is 10.6 Å². The zero-order valence-corrected chi connectivity index (χ0v) is 15.8. The minimum atomic E-state index is -0.433. The molecule has 0 atom stereocenters. The van der Waals surface area contributed by atoms with Gasteiger partial charge in [-0.3, -0.25) is 4.99 Å². The van der Waals surface area contributed by atoms with E-state index < -0.39 is 11.6 Å². The van der Waals surface area contributed by atoms with Gasteiger partial charge in [0.05, 0.1) is 12.2 Å². The molecule has 0 aliphatic heterocycles. The van der Waals surface area contributed by atoms with Gasteiger partial charge in [0, 0.05) is 24.4 Å². The van der Waals surface area contributed by atoms with E-state index >= 15 is 0 Å². The first-order valence-corrected chi connectivity index (χ1v) is 9.01. The summed E-state index contributed by atoms with van der Waals surface area (Å²) in [5.74, 6) is -0.231. The van der Waals surface area contributed by atoms with E-state index in [0.29, 0.717) is 31.0 Å². The standard InChI is InChI=1S/C18H24F2N4S/c1-18(2,3)15-11-25-16(24-15)10-23-17(21-4)22-8-7-12-9-13(19)5-6-14(12)20/h5-6,9,11H,7-8,10H2,1-4H3,(H2,21,22,23). The SMILES string of the molecule is CN=C(NCCc1cc(F)ccc1F)NCc1nc(C(C)(C)C)cs1. The van der Waals surface area contributed by atoms with Crippen LogP contribution in [0.2, 0.25) is 0 Å². The van der Waals surface area contributed by atoms with Gasteiger partial charge in [0.15, 0.2) is 5.96 Å². The largest absolute Gasteiger partial charge is 0.356 e. The van der Waals surface area contributed by atoms with Crippen LogP contribution < -0.4 is 10.6 Å². The zero-order valence-electron chi connectivity index (χ0n) is 15.0. The van der Waals surface area contributed by atoms with Gasteiger partial charge in [-0.1, -0.05) is 20.8 Å². The Kier molecular flexibility index (Phi) is 6.47. The number of guanidine groups is 1. The van der Waals surface area contributed by atoms with Crippen LogP contribution in [0.25, 0.3) is 0 Å². The van der Waals surface area contributed by atoms with Crippen LogP contribution in [0.15, 0.2) is 28.6 Å². The van der Waals surface area contributed by atoms with Crippen molar-refractivity contribution in [2.75, 3.05) is 13.6 Å². The lowest BCUT2D eigenvalue weighted by Crippen LogP contribution is -2.38. The van der Waals surface area contributed by atoms with E-state index in [-0.39, 0.29) is 5.41 Å². The second-order valence-corrected chi connectivity index (χ2v) is 7.66. The number of nitrogens with zero attached hydrogens (tertiary/aromatic N) is 2. The van der Waals surface area contributed by atoms with Crippen molar-refractivity contribution < 1.29 is 8.78 Å². The molecule has 1 heterocycles. The number of aromatic nitrogens is 1. The van der Waals surface area contributed by atoms with Crippen molar-refractivity contribution in [1.29, 1.82) is 0 Å². The molecule has 7 heteroatoms. The third-order valence-corrected chi connectivity index (χ3v) is 4.49. The molecule has 1 aromatic carbocycles. The third kappa shape index (κ3) is 5.77. The highest BCUT2D eigenvalue weighted by molar-refractivity contribution is 7.09. The van der Waals surface area contributed by atoms with Gasteiger partial charge in [0.25, 0.3) is 0 Å². The summed E-state index contributed by atoms with van der Waals surface area (Å²) in [5, 5.41) is 9.33. The fourth-order valence-electron chi connectivity index (χ4n) is 2.17. The zero-order chi connectivity index (χ0) is 18.4. The van der Waals surface area contributed by atoms with Gasteiger partial charge in [-0.15, -0.1) is 11.3 Å². The van der Waals surface area contributed by atoms with Crippen LogP contribution in [0, 0.1) is 11.6 Å². The molecule has 0 aliphatic rings. The van der Waals surface area contributed by atoms with Crippen molar-refractivity contribution in [3.05, 3.63) is 51.5 Å². The van der Waals surface area contributed by atoms with E-state index in [1.54, 1.807) is 18.4 Å². The molecule has 4 nitrogen and oxygen atoms in total. The minimum absolute atomic E-state index is 0.0315. The quantitative estimate of drug-likeness (QED) is 0.628. The minimum Gasteiger partial charge on any atom is -0.356 e. The summed E-state index contributed by atoms with van der Waals surface area (Å²) in [6.07, 6.45) is 0.371. The first-order valence-electron chi connectivity index (χ1n) is 8.13. The summed E-state index contributed by atoms with van der Waals surface area (Å²) in [6.45, 7) is 7.40. The van der Waals surface area contributed by atoms with Crippen LogP contribution in [-0.2, 0) is 18.4 Å². The molecule has 0 saturated carbocycles. The summed E-state index contributed by atoms with van der Waals surface area (Å²) in [6, 6.07) is 3.48. The number of nitrogens with one attached hydrogen (secondary N) is 2. The fourth-order valence-corrected chi connectivity index (χ4v) is 3.13. The van der Waals surface area contributed by atoms with Crippen molar-refractivity contribution in [3.63, 3.8) is 0 Å². The maximum absolute atomic E-state index is 13.6. The number of hydrogen-bond donors (Lipinski definition) is 2. The maximum atomic E-state index is 13.6. The van der Waals surface area contributed by atoms with Crippen LogP contribution in [0.3, 0.4) is 0 Å². The summed E-state index contributed by atoms with van der Waals surface area (Å²) in [5.41, 5.74) is 1.44. The molecule has 2 N–H and O–H groups in total. The normalized spacial score (nSPS) is 12.3. The first kappa shape index (κ1) is 19.3. The number of halogens is 2. The highest BCUT2D eigenvalue weighted by Crippen LogP contribution is 2.23. The average Bonchev–Trinajstić information content (AvgIpc) is 3.03. The van der Waals surface area contributed by atoms with Gasteiger partial charge in [-0.05, 0) is 30.2 Å². The van der Waals surface area contributed by atoms with E-state index in [4.69, 9.17) is 0 Å². The Morgan fingerprint density at radius 3 is 2.64 bits per heavy atom. The molecule has 0 amide bonds. The smallest absolute Gasteiger partial charge is 0.191 e. The van der Waals surface area contributed by atoms with E-state index in [1.807, 2.05) is 0 Å². The Morgan fingerprint density at radius 2 is 2.00 bits per heavy atom. The predicted molar refractivity (Wildman–Crippen MR) is 99.1 cm³/mol. The Balaban J connectivity index is 1.83. The third-order valence-electron chi connectivity index (χ3n) is 3.65. The molecule has 0 spiro atoms. The van der Waals surface area contributed by atoms with Crippen molar-refractivity contribution in [2.24, 2.45) is 4.99 Å². The average molecular weight is 366 g/mol. The van der Waals surface area contributed by atoms with Crippen LogP contribution in [0.1, 0.15) is 37.0 Å². The molecule has 2 aromatic rings. The molecule has 1 aromatic heterocycles. The molecule has 0 unspecified atom stereocenters. The van der Waals surface area contributed by atoms with Gasteiger partial charge in [-0.25, -0.2) is 13.8 Å². The van der Waals surface area contributed by atoms with E-state index in [9.17, 15) is 8.78 Å². The predicted octanol–water partition coefficient (Wildman–Crippen LogP) is 3.63. The summed E-state index contributed by atoms with van der Waals surface area (Å²) < 4.78 is 26.8. The molecule has 25 heavy (non-hydrogen) atoms. The molecule has 0 saturated heterocycles. The molecular weight excluding hydrogens is 342 g/mol. The van der Waals surface area contributed by atoms with Gasteiger partial charge >= 0.3 is 0 Å². The second-order valence-electron chi connectivity index (χ2n) is 6.71. The van der Waals surface area contributed by atoms with Crippen molar-refractivity contribution in [2.45, 2.75) is 39.2 Å². The van der Waals surface area contributed by atoms with Crippen LogP contribution in [-0.4, -0.2) is 24.5 Å². The molecule has 0 bridgehead atoms. The molecule has 0 radical (unpaired) electrons. The van der Waals surface area contributed by atoms with Crippen molar-refractivity contribution >= 4 is 17.3 Å². The second kappa shape index (κ2) is 8.38. The van der Waals surface area contributed by atoms with E-state index in [1.165, 1.54) is 6.07 Å². The molecule has 0 aliphatic carbocycles. The number of benzene rings is 1. The summed E-state index contributed by atoms with van der Waals surface area (Å²) in [7, 11) is 1.67. The van der Waals surface area contributed by atoms with Crippen molar-refractivity contribution in [1.82, 2.24) is 15.6 Å². The molecule has 2 rings (SSSR count). The van der Waals surface area contributed by atoms with Crippen LogP contribution in [0.5, 0.6) is 0 Å². The topological polar surface area (TPSA) is 49.3 Å². The maximum Gasteiger partial charge on any atom is 0.191 e. The number of thiazole rings is 1. The van der Waals surface area contributed by atoms with E-state index in [0.717, 1.165) is 22.8 Å². The molecule has 0 fully saturated rings. The Morgan fingerprint density at radius 1 is 1.24 bits per heavy atom. The summed E-state index contributed by atoms with van der Waals surface area (Å²) in [4.78, 5) is 8.75. The number of hydrogen-bond acceptors (Lipinski definition) is 3. The lowest BCUT2D eigenvalue weighted by Gasteiger charge is -2.14. The fraction of sp³-hybridized carbons (Fsp3) is 0.444. The van der Waals surface area contributed by atoms with Gasteiger partial charge in [-0.2, -0.15) is 0 Å². The number of rotatable bonds is 5. The molecule has 136 valence electrons. The molecular formula is C18H24F2N4S. The Labute approximate surface area is 151 Å². The van der Waals surface area contributed by atoms with E-state index in [2.05, 4.69) is 46.8 Å². The Bertz CT molecular complexity index is 735. The summed E-state index contributed by atoms with van der Waals surface area (Å²) >= 11 is 1.61. The lowest BCUT2D eigenvalue weighted by molar-refractivity contribution is 0.570. The van der Waals surface area contributed by atoms with Gasteiger partial charge in [0.2, 0.25) is 0 Å². The highest BCUT2D eigenvalue weighted by atomic mass is 32.1. The first-order chi connectivity index (χ1) is 11.8. The highest BCUT2D eigenvalue weighted by Gasteiger charge is 2.17. The lowest BCUT2D eigenvalue weighted by atomic mass is 9.93. The Hall–Kier alpha value is -2.02. The monoisotopic (exact) mass is 366 g/mol. The number of aliphatic imine (C=N–C) groups is 1. The van der Waals surface area contributed by atoms with Gasteiger partial charge in [0.1, 0.15) is 16.6 Å². The van der Waals surface area contributed by atoms with Crippen molar-refractivity contribution in [3.8, 4) is 0 Å². The van der Waals surface area contributed by atoms with Crippen LogP contribution in [0.4, 0.5) is 8.78 Å².